The molecule has 0 aromatic heterocycles. The summed E-state index contributed by atoms with van der Waals surface area (Å²) in [7, 11) is -8.48. The summed E-state index contributed by atoms with van der Waals surface area (Å²) in [6.45, 7) is -0.0223. The Bertz CT molecular complexity index is 922. The van der Waals surface area contributed by atoms with Crippen LogP contribution in [-0.4, -0.2) is 93.0 Å². The molecule has 3 aliphatic rings. The molecule has 6 unspecified atom stereocenters. The number of hydrogen-bond acceptors (Lipinski definition) is 16. The van der Waals surface area contributed by atoms with Crippen molar-refractivity contribution in [2.75, 3.05) is 24.7 Å². The molecule has 36 heavy (non-hydrogen) atoms. The lowest BCUT2D eigenvalue weighted by atomic mass is 9.95. The summed E-state index contributed by atoms with van der Waals surface area (Å²) in [6.07, 6.45) is 1.01. The maximum atomic E-state index is 12.4. The average Bonchev–Trinajstić information content (AvgIpc) is 2.80. The van der Waals surface area contributed by atoms with Gasteiger partial charge in [-0.05, 0) is 25.7 Å². The lowest BCUT2D eigenvalue weighted by molar-refractivity contribution is 0.166. The number of halogens is 2. The molecule has 1 aliphatic carbocycles. The first kappa shape index (κ1) is 29.4. The molecular formula is C16H34Cl2N9O6S3-. The smallest absolute Gasteiger partial charge is 0.217 e. The van der Waals surface area contributed by atoms with Gasteiger partial charge in [-0.25, -0.2) is 16.8 Å². The van der Waals surface area contributed by atoms with Crippen LogP contribution in [0.25, 0.3) is 0 Å². The summed E-state index contributed by atoms with van der Waals surface area (Å²) >= 11 is 14.0. The third-order valence-electron chi connectivity index (χ3n) is 5.80. The Labute approximate surface area is 227 Å². The lowest BCUT2D eigenvalue weighted by Crippen LogP contribution is -2.74. The zero-order valence-electron chi connectivity index (χ0n) is 20.2. The highest BCUT2D eigenvalue weighted by Crippen LogP contribution is 2.25. The van der Waals surface area contributed by atoms with Crippen LogP contribution in [0.4, 0.5) is 0 Å². The summed E-state index contributed by atoms with van der Waals surface area (Å²) in [5, 5.41) is 24.9. The highest BCUT2D eigenvalue weighted by molar-refractivity contribution is 7.99. The number of nitrogens with two attached hydrogens (primary N) is 1. The second-order valence-corrected chi connectivity index (χ2v) is 14.0. The first-order valence-electron chi connectivity index (χ1n) is 11.9. The Balaban J connectivity index is 1.35. The summed E-state index contributed by atoms with van der Waals surface area (Å²) < 4.78 is 67.7. The second-order valence-electron chi connectivity index (χ2n) is 8.47. The first-order valence-corrected chi connectivity index (χ1v) is 16.3. The van der Waals surface area contributed by atoms with E-state index in [1.54, 1.807) is 11.8 Å². The zero-order chi connectivity index (χ0) is 27.1. The van der Waals surface area contributed by atoms with E-state index >= 15 is 0 Å². The van der Waals surface area contributed by atoms with Crippen molar-refractivity contribution >= 4 is 55.2 Å². The minimum Gasteiger partial charge on any atom is -0.726 e. The Kier molecular flexibility index (Phi) is 11.5. The molecular weight excluding hydrogens is 581 g/mol. The highest BCUT2D eigenvalue weighted by Gasteiger charge is 2.33. The molecule has 6 atom stereocenters. The van der Waals surface area contributed by atoms with E-state index in [0.29, 0.717) is 32.2 Å². The second kappa shape index (κ2) is 14.1. The van der Waals surface area contributed by atoms with Gasteiger partial charge in [-0.3, -0.25) is 46.7 Å². The van der Waals surface area contributed by atoms with Gasteiger partial charge in [-0.1, -0.05) is 23.2 Å². The topological polar surface area (TPSA) is 223 Å². The Morgan fingerprint density at radius 2 is 1.69 bits per heavy atom. The average molecular weight is 617 g/mol. The first-order chi connectivity index (χ1) is 17.4. The van der Waals surface area contributed by atoms with Crippen molar-refractivity contribution in [1.29, 1.82) is 0 Å². The van der Waals surface area contributed by atoms with E-state index in [9.17, 15) is 21.4 Å². The number of thioether (sulfide) groups is 1. The van der Waals surface area contributed by atoms with E-state index < -0.39 is 55.4 Å². The van der Waals surface area contributed by atoms with Crippen molar-refractivity contribution in [2.45, 2.75) is 72.6 Å². The van der Waals surface area contributed by atoms with E-state index in [4.69, 9.17) is 24.6 Å². The van der Waals surface area contributed by atoms with Crippen LogP contribution in [-0.2, 0) is 24.4 Å². The van der Waals surface area contributed by atoms with Crippen molar-refractivity contribution in [3.05, 3.63) is 0 Å². The monoisotopic (exact) mass is 615 g/mol. The van der Waals surface area contributed by atoms with E-state index in [0.717, 1.165) is 5.75 Å². The lowest BCUT2D eigenvalue weighted by Gasteiger charge is -2.40. The van der Waals surface area contributed by atoms with Crippen molar-refractivity contribution < 1.29 is 27.0 Å². The summed E-state index contributed by atoms with van der Waals surface area (Å²) in [5.74, 6) is 0.230. The van der Waals surface area contributed by atoms with Crippen LogP contribution >= 0.6 is 35.0 Å². The van der Waals surface area contributed by atoms with Crippen LogP contribution in [0.2, 0.25) is 1.41 Å². The number of alkyl halides is 2. The van der Waals surface area contributed by atoms with Crippen LogP contribution in [0.15, 0.2) is 0 Å². The fourth-order valence-corrected chi connectivity index (χ4v) is 7.66. The SMILES string of the molecule is [2H]NC1NC(Cl)NC(SCCNC2NC(Cl)NC(NC3CCC(S(=O)(=O)CCOS(=O)(=O)[O-])CC3)N2)N1. The third kappa shape index (κ3) is 10.9. The number of hydrogen-bond donors (Lipinski definition) is 9. The number of nitrogens with one attached hydrogen (secondary N) is 8. The molecule has 10 N–H and O–H groups in total. The molecule has 3 rings (SSSR count). The standard InChI is InChI=1S/C16H35Cl2N9O6S3/c17-11-22-13(19)26-16(25-11)34-7-5-20-14-23-12(18)24-15(27-14)21-9-1-3-10(4-2-9)35(28,29)8-6-33-36(30,31)32/h9-16,20-27H,1-8,19H2,(H,30,31,32)/p-1/i/hD. The van der Waals surface area contributed by atoms with E-state index in [1.165, 1.54) is 0 Å². The molecule has 3 fully saturated rings. The van der Waals surface area contributed by atoms with Gasteiger partial charge in [0.25, 0.3) is 0 Å². The molecule has 20 heteroatoms. The van der Waals surface area contributed by atoms with Crippen molar-refractivity contribution in [1.82, 2.24) is 42.5 Å². The van der Waals surface area contributed by atoms with Crippen LogP contribution in [0, 0.1) is 0 Å². The summed E-state index contributed by atoms with van der Waals surface area (Å²) in [5.41, 5.74) is 1.23. The quantitative estimate of drug-likeness (QED) is 0.0327. The minimum absolute atomic E-state index is 0.0482. The van der Waals surface area contributed by atoms with Crippen LogP contribution in [0.1, 0.15) is 25.7 Å². The molecule has 0 radical (unpaired) electrons. The zero-order valence-corrected chi connectivity index (χ0v) is 23.2. The van der Waals surface area contributed by atoms with Crippen molar-refractivity contribution in [2.24, 2.45) is 5.73 Å². The van der Waals surface area contributed by atoms with E-state index in [2.05, 4.69) is 52.4 Å². The van der Waals surface area contributed by atoms with E-state index in [-0.39, 0.29) is 24.1 Å². The van der Waals surface area contributed by atoms with Gasteiger partial charge >= 0.3 is 0 Å². The van der Waals surface area contributed by atoms with Crippen LogP contribution < -0.4 is 48.3 Å². The fraction of sp³-hybridized carbons (Fsp3) is 1.00. The van der Waals surface area contributed by atoms with Gasteiger partial charge in [0.15, 0.2) is 9.84 Å². The third-order valence-corrected chi connectivity index (χ3v) is 10.0. The highest BCUT2D eigenvalue weighted by atomic mass is 35.5. The summed E-state index contributed by atoms with van der Waals surface area (Å²) in [6, 6.07) is 0.0482. The summed E-state index contributed by atoms with van der Waals surface area (Å²) in [4.78, 5) is 0. The Hall–Kier alpha value is 0.390. The maximum Gasteiger partial charge on any atom is 0.217 e. The Morgan fingerprint density at radius 3 is 2.39 bits per heavy atom. The molecule has 0 spiro atoms. The van der Waals surface area contributed by atoms with Gasteiger partial charge in [0.1, 0.15) is 37.0 Å². The van der Waals surface area contributed by atoms with Gasteiger partial charge in [0.2, 0.25) is 10.4 Å². The van der Waals surface area contributed by atoms with Gasteiger partial charge in [-0.2, -0.15) is 0 Å². The van der Waals surface area contributed by atoms with Gasteiger partial charge in [0, 0.05) is 18.3 Å². The molecule has 15 nitrogen and oxygen atoms in total. The predicted octanol–water partition coefficient (Wildman–Crippen LogP) is -3.20. The molecule has 1 saturated carbocycles. The number of sulfone groups is 1. The minimum atomic E-state index is -4.91. The van der Waals surface area contributed by atoms with Gasteiger partial charge in [-0.15, -0.1) is 11.8 Å². The number of rotatable bonds is 13. The normalized spacial score (nSPS) is 36.9. The predicted molar refractivity (Wildman–Crippen MR) is 137 cm³/mol. The molecule has 0 aromatic rings. The van der Waals surface area contributed by atoms with Crippen molar-refractivity contribution in [3.8, 4) is 0 Å². The maximum absolute atomic E-state index is 12.4. The van der Waals surface area contributed by atoms with Crippen LogP contribution in [0.3, 0.4) is 0 Å². The van der Waals surface area contributed by atoms with Crippen molar-refractivity contribution in [3.63, 3.8) is 0 Å². The van der Waals surface area contributed by atoms with Gasteiger partial charge in [0.05, 0.1) is 17.6 Å². The van der Waals surface area contributed by atoms with E-state index in [1.807, 2.05) is 0 Å². The molecule has 212 valence electrons. The molecule has 0 aromatic carbocycles. The molecule has 2 aliphatic heterocycles. The molecule has 0 amide bonds. The molecule has 0 bridgehead atoms. The molecule has 2 saturated heterocycles. The fourth-order valence-electron chi connectivity index (χ4n) is 4.11. The molecule has 2 heterocycles. The van der Waals surface area contributed by atoms with Gasteiger partial charge < -0.3 is 10.3 Å². The largest absolute Gasteiger partial charge is 0.726 e. The Morgan fingerprint density at radius 1 is 1.00 bits per heavy atom. The van der Waals surface area contributed by atoms with Crippen LogP contribution in [0.5, 0.6) is 0 Å².